The minimum atomic E-state index is -0.501. The zero-order valence-corrected chi connectivity index (χ0v) is 17.9. The number of carbonyl (C=O) groups excluding carboxylic acids is 4. The van der Waals surface area contributed by atoms with E-state index in [4.69, 9.17) is 0 Å². The number of rotatable bonds is 4. The topological polar surface area (TPSA) is 95.6 Å². The zero-order valence-electron chi connectivity index (χ0n) is 17.9. The van der Waals surface area contributed by atoms with Crippen molar-refractivity contribution in [3.05, 3.63) is 88.5 Å². The van der Waals surface area contributed by atoms with Crippen molar-refractivity contribution in [2.24, 2.45) is 0 Å². The van der Waals surface area contributed by atoms with Crippen LogP contribution >= 0.6 is 0 Å². The number of nitrogens with zero attached hydrogens (tertiary/aromatic N) is 1. The first-order chi connectivity index (χ1) is 15.2. The van der Waals surface area contributed by atoms with Crippen LogP contribution in [-0.2, 0) is 4.79 Å². The van der Waals surface area contributed by atoms with Crippen molar-refractivity contribution in [3.63, 3.8) is 0 Å². The van der Waals surface area contributed by atoms with Crippen LogP contribution in [0.4, 0.5) is 17.1 Å². The third-order valence-corrected chi connectivity index (χ3v) is 5.24. The number of imide groups is 1. The van der Waals surface area contributed by atoms with Crippen molar-refractivity contribution in [2.75, 3.05) is 15.5 Å². The molecule has 160 valence electrons. The third-order valence-electron chi connectivity index (χ3n) is 5.24. The Labute approximate surface area is 185 Å². The van der Waals surface area contributed by atoms with Gasteiger partial charge in [-0.1, -0.05) is 12.1 Å². The van der Waals surface area contributed by atoms with Crippen molar-refractivity contribution in [1.29, 1.82) is 0 Å². The van der Waals surface area contributed by atoms with Gasteiger partial charge in [0.2, 0.25) is 5.91 Å². The summed E-state index contributed by atoms with van der Waals surface area (Å²) in [4.78, 5) is 50.9. The molecule has 1 aliphatic heterocycles. The van der Waals surface area contributed by atoms with Crippen LogP contribution in [0.25, 0.3) is 0 Å². The largest absolute Gasteiger partial charge is 0.326 e. The van der Waals surface area contributed by atoms with Gasteiger partial charge < -0.3 is 10.6 Å². The quantitative estimate of drug-likeness (QED) is 0.607. The van der Waals surface area contributed by atoms with Gasteiger partial charge in [-0.05, 0) is 73.5 Å². The van der Waals surface area contributed by atoms with E-state index >= 15 is 0 Å². The van der Waals surface area contributed by atoms with Crippen molar-refractivity contribution < 1.29 is 19.2 Å². The van der Waals surface area contributed by atoms with Gasteiger partial charge >= 0.3 is 0 Å². The molecule has 1 aliphatic rings. The van der Waals surface area contributed by atoms with Crippen LogP contribution in [0, 0.1) is 13.8 Å². The first-order valence-electron chi connectivity index (χ1n) is 10.0. The number of aryl methyl sites for hydroxylation is 2. The van der Waals surface area contributed by atoms with Crippen LogP contribution in [-0.4, -0.2) is 23.6 Å². The molecule has 2 N–H and O–H groups in total. The number of fused-ring (bicyclic) bond motifs is 1. The minimum Gasteiger partial charge on any atom is -0.326 e. The number of carbonyl (C=O) groups is 4. The molecule has 1 heterocycles. The van der Waals surface area contributed by atoms with Gasteiger partial charge in [0.05, 0.1) is 16.8 Å². The Balaban J connectivity index is 1.59. The average molecular weight is 427 g/mol. The van der Waals surface area contributed by atoms with Crippen molar-refractivity contribution in [2.45, 2.75) is 20.8 Å². The number of benzene rings is 3. The molecule has 0 unspecified atom stereocenters. The van der Waals surface area contributed by atoms with E-state index in [9.17, 15) is 19.2 Å². The standard InChI is InChI=1S/C25H21N3O4/c1-14-4-5-15(2)22(12-14)27-23(30)17-6-11-20-21(13-17)25(32)28(24(20)31)19-9-7-18(8-10-19)26-16(3)29/h4-13H,1-3H3,(H,26,29)(H,27,30). The fraction of sp³-hybridized carbons (Fsp3) is 0.120. The summed E-state index contributed by atoms with van der Waals surface area (Å²) in [5, 5.41) is 5.50. The molecule has 32 heavy (non-hydrogen) atoms. The van der Waals surface area contributed by atoms with E-state index in [0.29, 0.717) is 17.1 Å². The maximum Gasteiger partial charge on any atom is 0.266 e. The van der Waals surface area contributed by atoms with Gasteiger partial charge in [0.25, 0.3) is 17.7 Å². The average Bonchev–Trinajstić information content (AvgIpc) is 3.01. The van der Waals surface area contributed by atoms with Gasteiger partial charge in [-0.2, -0.15) is 0 Å². The predicted molar refractivity (Wildman–Crippen MR) is 122 cm³/mol. The van der Waals surface area contributed by atoms with Crippen LogP contribution in [0.15, 0.2) is 60.7 Å². The maximum absolute atomic E-state index is 13.0. The van der Waals surface area contributed by atoms with Crippen LogP contribution in [0.2, 0.25) is 0 Å². The molecule has 0 aliphatic carbocycles. The highest BCUT2D eigenvalue weighted by molar-refractivity contribution is 6.34. The number of amides is 4. The van der Waals surface area contributed by atoms with Crippen molar-refractivity contribution in [1.82, 2.24) is 0 Å². The summed E-state index contributed by atoms with van der Waals surface area (Å²) in [7, 11) is 0. The molecular weight excluding hydrogens is 406 g/mol. The summed E-state index contributed by atoms with van der Waals surface area (Å²) in [5.74, 6) is -1.54. The van der Waals surface area contributed by atoms with E-state index in [1.54, 1.807) is 24.3 Å². The molecule has 7 nitrogen and oxygen atoms in total. The second kappa shape index (κ2) is 8.11. The second-order valence-electron chi connectivity index (χ2n) is 7.71. The van der Waals surface area contributed by atoms with Crippen molar-refractivity contribution >= 4 is 40.7 Å². The Hall–Kier alpha value is -4.26. The minimum absolute atomic E-state index is 0.176. The third kappa shape index (κ3) is 3.88. The number of anilines is 3. The molecule has 0 saturated carbocycles. The van der Waals surface area contributed by atoms with E-state index in [2.05, 4.69) is 10.6 Å². The molecule has 3 aromatic rings. The van der Waals surface area contributed by atoms with Crippen LogP contribution < -0.4 is 15.5 Å². The SMILES string of the molecule is CC(=O)Nc1ccc(N2C(=O)c3ccc(C(=O)Nc4cc(C)ccc4C)cc3C2=O)cc1. The summed E-state index contributed by atoms with van der Waals surface area (Å²) in [6, 6.07) is 16.6. The lowest BCUT2D eigenvalue weighted by Crippen LogP contribution is -2.29. The van der Waals surface area contributed by atoms with E-state index in [1.165, 1.54) is 25.1 Å². The van der Waals surface area contributed by atoms with E-state index in [-0.39, 0.29) is 28.5 Å². The van der Waals surface area contributed by atoms with Crippen LogP contribution in [0.1, 0.15) is 49.1 Å². The molecule has 4 rings (SSSR count). The lowest BCUT2D eigenvalue weighted by molar-refractivity contribution is -0.114. The Morgan fingerprint density at radius 1 is 0.781 bits per heavy atom. The Morgan fingerprint density at radius 3 is 2.16 bits per heavy atom. The number of nitrogens with one attached hydrogen (secondary N) is 2. The molecule has 0 aromatic heterocycles. The van der Waals surface area contributed by atoms with Crippen LogP contribution in [0.3, 0.4) is 0 Å². The van der Waals surface area contributed by atoms with Gasteiger partial charge in [0, 0.05) is 23.9 Å². The number of hydrogen-bond donors (Lipinski definition) is 2. The molecule has 4 amide bonds. The molecule has 0 atom stereocenters. The molecule has 3 aromatic carbocycles. The summed E-state index contributed by atoms with van der Waals surface area (Å²) in [6.07, 6.45) is 0. The Kier molecular flexibility index (Phi) is 5.32. The smallest absolute Gasteiger partial charge is 0.266 e. The first kappa shape index (κ1) is 21.0. The van der Waals surface area contributed by atoms with E-state index < -0.39 is 11.8 Å². The monoisotopic (exact) mass is 427 g/mol. The molecule has 0 saturated heterocycles. The molecule has 0 radical (unpaired) electrons. The summed E-state index contributed by atoms with van der Waals surface area (Å²) >= 11 is 0. The molecule has 7 heteroatoms. The summed E-state index contributed by atoms with van der Waals surface area (Å²) in [6.45, 7) is 5.23. The van der Waals surface area contributed by atoms with Gasteiger partial charge in [-0.3, -0.25) is 19.2 Å². The van der Waals surface area contributed by atoms with Crippen LogP contribution in [0.5, 0.6) is 0 Å². The lowest BCUT2D eigenvalue weighted by atomic mass is 10.0. The maximum atomic E-state index is 13.0. The highest BCUT2D eigenvalue weighted by Crippen LogP contribution is 2.30. The number of hydrogen-bond acceptors (Lipinski definition) is 4. The second-order valence-corrected chi connectivity index (χ2v) is 7.71. The predicted octanol–water partition coefficient (Wildman–Crippen LogP) is 4.31. The summed E-state index contributed by atoms with van der Waals surface area (Å²) in [5.41, 5.74) is 4.27. The fourth-order valence-electron chi connectivity index (χ4n) is 3.58. The van der Waals surface area contributed by atoms with E-state index in [0.717, 1.165) is 16.0 Å². The van der Waals surface area contributed by atoms with Gasteiger partial charge in [-0.15, -0.1) is 0 Å². The molecule has 0 bridgehead atoms. The normalized spacial score (nSPS) is 12.5. The van der Waals surface area contributed by atoms with Crippen molar-refractivity contribution in [3.8, 4) is 0 Å². The molecular formula is C25H21N3O4. The van der Waals surface area contributed by atoms with Gasteiger partial charge in [-0.25, -0.2) is 4.90 Å². The Bertz CT molecular complexity index is 1280. The highest BCUT2D eigenvalue weighted by atomic mass is 16.2. The zero-order chi connectivity index (χ0) is 23.0. The first-order valence-corrected chi connectivity index (χ1v) is 10.0. The van der Waals surface area contributed by atoms with Gasteiger partial charge in [0.15, 0.2) is 0 Å². The van der Waals surface area contributed by atoms with Gasteiger partial charge in [0.1, 0.15) is 0 Å². The lowest BCUT2D eigenvalue weighted by Gasteiger charge is -2.14. The fourth-order valence-corrected chi connectivity index (χ4v) is 3.58. The summed E-state index contributed by atoms with van der Waals surface area (Å²) < 4.78 is 0. The van der Waals surface area contributed by atoms with E-state index in [1.807, 2.05) is 32.0 Å². The highest BCUT2D eigenvalue weighted by Gasteiger charge is 2.37. The molecule has 0 spiro atoms. The Morgan fingerprint density at radius 2 is 1.47 bits per heavy atom. The molecule has 0 fully saturated rings.